The average Bonchev–Trinajstić information content (AvgIpc) is 3.10. The number of thiazole rings is 1. The third-order valence-corrected chi connectivity index (χ3v) is 6.40. The van der Waals surface area contributed by atoms with Crippen LogP contribution in [0.5, 0.6) is 0 Å². The molecule has 130 valence electrons. The second-order valence-corrected chi connectivity index (χ2v) is 7.83. The highest BCUT2D eigenvalue weighted by Crippen LogP contribution is 2.33. The maximum absolute atomic E-state index is 12.6. The van der Waals surface area contributed by atoms with Crippen molar-refractivity contribution in [2.75, 3.05) is 26.7 Å². The van der Waals surface area contributed by atoms with Crippen molar-refractivity contribution in [1.29, 1.82) is 0 Å². The quantitative estimate of drug-likeness (QED) is 0.781. The van der Waals surface area contributed by atoms with Gasteiger partial charge < -0.3 is 9.80 Å². The van der Waals surface area contributed by atoms with Crippen LogP contribution in [0.2, 0.25) is 0 Å². The van der Waals surface area contributed by atoms with Crippen molar-refractivity contribution in [1.82, 2.24) is 14.8 Å². The van der Waals surface area contributed by atoms with Crippen LogP contribution >= 0.6 is 11.3 Å². The summed E-state index contributed by atoms with van der Waals surface area (Å²) in [4.78, 5) is 44.6. The van der Waals surface area contributed by atoms with Gasteiger partial charge in [-0.25, -0.2) is 4.98 Å². The third-order valence-electron chi connectivity index (χ3n) is 4.98. The number of likely N-dealkylation sites (tertiary alicyclic amines) is 2. The summed E-state index contributed by atoms with van der Waals surface area (Å²) >= 11 is 1.49. The third kappa shape index (κ3) is 3.22. The fourth-order valence-electron chi connectivity index (χ4n) is 3.55. The first kappa shape index (κ1) is 17.1. The molecule has 3 rings (SSSR count). The smallest absolute Gasteiger partial charge is 0.227 e. The van der Waals surface area contributed by atoms with Crippen LogP contribution in [0.25, 0.3) is 0 Å². The van der Waals surface area contributed by atoms with Crippen molar-refractivity contribution in [3.05, 3.63) is 15.6 Å². The normalized spacial score (nSPS) is 22.3. The zero-order chi connectivity index (χ0) is 17.4. The monoisotopic (exact) mass is 349 g/mol. The first-order valence-corrected chi connectivity index (χ1v) is 9.19. The Morgan fingerprint density at radius 3 is 2.42 bits per heavy atom. The lowest BCUT2D eigenvalue weighted by Gasteiger charge is -2.32. The molecule has 1 atom stereocenters. The van der Waals surface area contributed by atoms with E-state index in [2.05, 4.69) is 4.98 Å². The number of hydrogen-bond acceptors (Lipinski definition) is 5. The van der Waals surface area contributed by atoms with E-state index in [-0.39, 0.29) is 23.5 Å². The molecule has 2 aliphatic heterocycles. The molecule has 0 N–H and O–H groups in total. The number of nitrogens with zero attached hydrogens (tertiary/aromatic N) is 3. The van der Waals surface area contributed by atoms with E-state index in [9.17, 15) is 14.4 Å². The maximum Gasteiger partial charge on any atom is 0.227 e. The van der Waals surface area contributed by atoms with Crippen molar-refractivity contribution in [2.45, 2.75) is 39.0 Å². The van der Waals surface area contributed by atoms with Gasteiger partial charge in [0.25, 0.3) is 0 Å². The van der Waals surface area contributed by atoms with E-state index in [1.54, 1.807) is 18.9 Å². The predicted molar refractivity (Wildman–Crippen MR) is 91.2 cm³/mol. The molecule has 1 aromatic rings. The highest BCUT2D eigenvalue weighted by atomic mass is 32.1. The molecule has 2 fully saturated rings. The number of hydrogen-bond donors (Lipinski definition) is 0. The van der Waals surface area contributed by atoms with Crippen LogP contribution in [0.1, 0.15) is 52.5 Å². The summed E-state index contributed by atoms with van der Waals surface area (Å²) in [5, 5.41) is 1.01. The zero-order valence-electron chi connectivity index (χ0n) is 14.4. The Labute approximate surface area is 145 Å². The van der Waals surface area contributed by atoms with Crippen LogP contribution in [-0.4, -0.2) is 59.1 Å². The van der Waals surface area contributed by atoms with Gasteiger partial charge in [-0.05, 0) is 19.8 Å². The Hall–Kier alpha value is -1.76. The van der Waals surface area contributed by atoms with Crippen molar-refractivity contribution in [3.8, 4) is 0 Å². The van der Waals surface area contributed by atoms with Gasteiger partial charge in [-0.3, -0.25) is 14.4 Å². The molecule has 0 spiro atoms. The van der Waals surface area contributed by atoms with E-state index in [0.717, 1.165) is 28.4 Å². The number of Topliss-reactive ketones (excluding diaryl/α,β-unsaturated/α-hetero) is 1. The molecule has 2 amide bonds. The minimum absolute atomic E-state index is 0.0539. The number of aryl methyl sites for hydroxylation is 1. The summed E-state index contributed by atoms with van der Waals surface area (Å²) in [5.74, 6) is 0.354. The Morgan fingerprint density at radius 2 is 1.92 bits per heavy atom. The van der Waals surface area contributed by atoms with Crippen LogP contribution in [0, 0.1) is 12.8 Å². The molecule has 24 heavy (non-hydrogen) atoms. The lowest BCUT2D eigenvalue weighted by atomic mass is 9.96. The van der Waals surface area contributed by atoms with E-state index in [1.807, 2.05) is 11.8 Å². The molecule has 0 aromatic carbocycles. The summed E-state index contributed by atoms with van der Waals surface area (Å²) in [6.07, 6.45) is 2.07. The summed E-state index contributed by atoms with van der Waals surface area (Å²) < 4.78 is 0. The van der Waals surface area contributed by atoms with Gasteiger partial charge in [0.15, 0.2) is 5.78 Å². The molecule has 1 aromatic heterocycles. The van der Waals surface area contributed by atoms with Crippen LogP contribution in [0.4, 0.5) is 0 Å². The van der Waals surface area contributed by atoms with E-state index >= 15 is 0 Å². The second-order valence-electron chi connectivity index (χ2n) is 6.80. The van der Waals surface area contributed by atoms with E-state index in [1.165, 1.54) is 11.3 Å². The number of ketones is 1. The molecule has 0 radical (unpaired) electrons. The fourth-order valence-corrected chi connectivity index (χ4v) is 4.68. The molecular weight excluding hydrogens is 326 g/mol. The summed E-state index contributed by atoms with van der Waals surface area (Å²) in [5.41, 5.74) is 0.813. The number of carbonyl (C=O) groups is 3. The van der Waals surface area contributed by atoms with Crippen molar-refractivity contribution in [3.63, 3.8) is 0 Å². The van der Waals surface area contributed by atoms with E-state index in [0.29, 0.717) is 32.0 Å². The van der Waals surface area contributed by atoms with Crippen LogP contribution < -0.4 is 0 Å². The largest absolute Gasteiger partial charge is 0.345 e. The maximum atomic E-state index is 12.6. The van der Waals surface area contributed by atoms with Gasteiger partial charge in [-0.15, -0.1) is 11.3 Å². The standard InChI is InChI=1S/C17H23N3O3S/c1-10-15(11(2)21)24-16(18-10)12-4-6-20(7-5-12)17(23)13-8-14(22)19(3)9-13/h12-13H,4-9H2,1-3H3/t13-/m1/s1. The van der Waals surface area contributed by atoms with Crippen molar-refractivity contribution >= 4 is 28.9 Å². The lowest BCUT2D eigenvalue weighted by Crippen LogP contribution is -2.42. The van der Waals surface area contributed by atoms with Crippen LogP contribution in [0.15, 0.2) is 0 Å². The summed E-state index contributed by atoms with van der Waals surface area (Å²) in [6, 6.07) is 0. The minimum Gasteiger partial charge on any atom is -0.345 e. The number of carbonyl (C=O) groups excluding carboxylic acids is 3. The van der Waals surface area contributed by atoms with Crippen LogP contribution in [-0.2, 0) is 9.59 Å². The fraction of sp³-hybridized carbons (Fsp3) is 0.647. The molecule has 0 saturated carbocycles. The Morgan fingerprint density at radius 1 is 1.25 bits per heavy atom. The zero-order valence-corrected chi connectivity index (χ0v) is 15.2. The first-order valence-electron chi connectivity index (χ1n) is 8.37. The molecule has 6 nitrogen and oxygen atoms in total. The molecule has 0 unspecified atom stereocenters. The first-order chi connectivity index (χ1) is 11.4. The molecule has 0 bridgehead atoms. The Kier molecular flexibility index (Phi) is 4.71. The molecular formula is C17H23N3O3S. The highest BCUT2D eigenvalue weighted by molar-refractivity contribution is 7.13. The molecule has 2 saturated heterocycles. The number of rotatable bonds is 3. The van der Waals surface area contributed by atoms with Crippen molar-refractivity contribution in [2.24, 2.45) is 5.92 Å². The minimum atomic E-state index is -0.189. The predicted octanol–water partition coefficient (Wildman–Crippen LogP) is 1.84. The second kappa shape index (κ2) is 6.63. The van der Waals surface area contributed by atoms with E-state index < -0.39 is 0 Å². The van der Waals surface area contributed by atoms with Gasteiger partial charge >= 0.3 is 0 Å². The summed E-state index contributed by atoms with van der Waals surface area (Å²) in [6.45, 7) is 5.39. The van der Waals surface area contributed by atoms with Gasteiger partial charge in [-0.2, -0.15) is 0 Å². The Balaban J connectivity index is 1.60. The van der Waals surface area contributed by atoms with Crippen molar-refractivity contribution < 1.29 is 14.4 Å². The van der Waals surface area contributed by atoms with Gasteiger partial charge in [0.2, 0.25) is 11.8 Å². The number of aromatic nitrogens is 1. The average molecular weight is 349 g/mol. The molecule has 3 heterocycles. The van der Waals surface area contributed by atoms with Crippen LogP contribution in [0.3, 0.4) is 0 Å². The highest BCUT2D eigenvalue weighted by Gasteiger charge is 2.36. The number of piperidine rings is 1. The van der Waals surface area contributed by atoms with Gasteiger partial charge in [0, 0.05) is 45.9 Å². The molecule has 0 aliphatic carbocycles. The molecule has 7 heteroatoms. The number of amides is 2. The van der Waals surface area contributed by atoms with Gasteiger partial charge in [0.05, 0.1) is 21.5 Å². The lowest BCUT2D eigenvalue weighted by molar-refractivity contribution is -0.136. The Bertz CT molecular complexity index is 677. The topological polar surface area (TPSA) is 70.6 Å². The van der Waals surface area contributed by atoms with Gasteiger partial charge in [-0.1, -0.05) is 0 Å². The van der Waals surface area contributed by atoms with Gasteiger partial charge in [0.1, 0.15) is 0 Å². The molecule has 2 aliphatic rings. The SMILES string of the molecule is CC(=O)c1sc(C2CCN(C(=O)[C@@H]3CC(=O)N(C)C3)CC2)nc1C. The van der Waals surface area contributed by atoms with E-state index in [4.69, 9.17) is 0 Å². The summed E-state index contributed by atoms with van der Waals surface area (Å²) in [7, 11) is 1.75.